The maximum Gasteiger partial charge on any atom is 0.270 e. The molecule has 0 aliphatic heterocycles. The zero-order valence-electron chi connectivity index (χ0n) is 10.6. The van der Waals surface area contributed by atoms with E-state index in [9.17, 15) is 4.79 Å². The molecule has 0 aliphatic carbocycles. The Hall–Kier alpha value is -2.38. The Morgan fingerprint density at radius 1 is 1.33 bits per heavy atom. The predicted molar refractivity (Wildman–Crippen MR) is 86.6 cm³/mol. The van der Waals surface area contributed by atoms with Gasteiger partial charge in [-0.25, -0.2) is 4.98 Å². The van der Waals surface area contributed by atoms with Crippen molar-refractivity contribution in [2.24, 2.45) is 10.7 Å². The monoisotopic (exact) mass is 319 g/mol. The van der Waals surface area contributed by atoms with Gasteiger partial charge in [0.1, 0.15) is 4.70 Å². The van der Waals surface area contributed by atoms with Gasteiger partial charge in [-0.3, -0.25) is 9.78 Å². The van der Waals surface area contributed by atoms with Gasteiger partial charge in [0.15, 0.2) is 0 Å². The third kappa shape index (κ3) is 3.04. The Labute approximate surface area is 128 Å². The van der Waals surface area contributed by atoms with Gasteiger partial charge in [0.25, 0.3) is 5.56 Å². The van der Waals surface area contributed by atoms with E-state index in [0.717, 1.165) is 5.69 Å². The third-order valence-corrected chi connectivity index (χ3v) is 3.80. The van der Waals surface area contributed by atoms with Crippen LogP contribution in [0, 0.1) is 0 Å². The first-order valence-electron chi connectivity index (χ1n) is 5.96. The summed E-state index contributed by atoms with van der Waals surface area (Å²) >= 11 is 7.13. The van der Waals surface area contributed by atoms with Gasteiger partial charge in [-0.15, -0.1) is 11.3 Å². The first kappa shape index (κ1) is 13.6. The number of aromatic amines is 1. The number of hydrogen-bond acceptors (Lipinski definition) is 4. The van der Waals surface area contributed by atoms with Crippen LogP contribution in [0.5, 0.6) is 0 Å². The lowest BCUT2D eigenvalue weighted by Gasteiger charge is -2.05. The van der Waals surface area contributed by atoms with Gasteiger partial charge in [0.2, 0.25) is 11.9 Å². The molecule has 2 aromatic heterocycles. The highest BCUT2D eigenvalue weighted by Gasteiger charge is 2.04. The topological polar surface area (TPSA) is 96.2 Å². The molecule has 8 heteroatoms. The zero-order valence-corrected chi connectivity index (χ0v) is 12.2. The number of nitrogens with zero attached hydrogens (tertiary/aromatic N) is 2. The number of hydrogen-bond donors (Lipinski definition) is 3. The molecule has 1 aromatic carbocycles. The largest absolute Gasteiger partial charge is 0.369 e. The van der Waals surface area contributed by atoms with E-state index in [1.807, 2.05) is 0 Å². The van der Waals surface area contributed by atoms with Crippen LogP contribution in [0.3, 0.4) is 0 Å². The molecule has 3 aromatic rings. The number of fused-ring (bicyclic) bond motifs is 1. The summed E-state index contributed by atoms with van der Waals surface area (Å²) < 4.78 is 0.568. The fourth-order valence-electron chi connectivity index (χ4n) is 1.74. The van der Waals surface area contributed by atoms with Crippen molar-refractivity contribution in [3.05, 3.63) is 51.1 Å². The van der Waals surface area contributed by atoms with Gasteiger partial charge in [-0.1, -0.05) is 11.6 Å². The first-order chi connectivity index (χ1) is 10.1. The van der Waals surface area contributed by atoms with Crippen LogP contribution < -0.4 is 16.6 Å². The average Bonchev–Trinajstić information content (AvgIpc) is 2.90. The second kappa shape index (κ2) is 5.55. The molecule has 0 atom stereocenters. The minimum Gasteiger partial charge on any atom is -0.369 e. The van der Waals surface area contributed by atoms with Crippen molar-refractivity contribution in [3.8, 4) is 0 Å². The number of nitrogens with one attached hydrogen (secondary N) is 2. The average molecular weight is 320 g/mol. The highest BCUT2D eigenvalue weighted by molar-refractivity contribution is 7.17. The standard InChI is InChI=1S/C13H10ClN5OS/c14-7-1-3-8(4-2-7)16-12(15)19-13-17-9-5-6-21-10(9)11(20)18-13/h1-6H,(H4,15,16,17,18,19,20). The summed E-state index contributed by atoms with van der Waals surface area (Å²) in [6, 6.07) is 8.76. The van der Waals surface area contributed by atoms with E-state index in [1.165, 1.54) is 11.3 Å². The number of aromatic nitrogens is 2. The van der Waals surface area contributed by atoms with Crippen molar-refractivity contribution in [1.82, 2.24) is 9.97 Å². The van der Waals surface area contributed by atoms with Crippen molar-refractivity contribution in [2.75, 3.05) is 5.32 Å². The van der Waals surface area contributed by atoms with Crippen LogP contribution in [-0.4, -0.2) is 15.9 Å². The van der Waals surface area contributed by atoms with Crippen LogP contribution >= 0.6 is 22.9 Å². The van der Waals surface area contributed by atoms with E-state index in [4.69, 9.17) is 17.3 Å². The van der Waals surface area contributed by atoms with Crippen LogP contribution in [0.1, 0.15) is 0 Å². The second-order valence-electron chi connectivity index (χ2n) is 4.15. The lowest BCUT2D eigenvalue weighted by atomic mass is 10.3. The van der Waals surface area contributed by atoms with Crippen molar-refractivity contribution in [3.63, 3.8) is 0 Å². The van der Waals surface area contributed by atoms with E-state index in [0.29, 0.717) is 15.2 Å². The number of aliphatic imine (C=N–C) groups is 1. The Kier molecular flexibility index (Phi) is 3.59. The third-order valence-electron chi connectivity index (χ3n) is 2.65. The molecule has 0 aliphatic rings. The van der Waals surface area contributed by atoms with E-state index in [2.05, 4.69) is 20.3 Å². The van der Waals surface area contributed by atoms with E-state index in [1.54, 1.807) is 35.7 Å². The van der Waals surface area contributed by atoms with Crippen molar-refractivity contribution < 1.29 is 0 Å². The Bertz CT molecular complexity index is 868. The SMILES string of the molecule is NC(=Nc1nc2ccsc2c(=O)[nH]1)Nc1ccc(Cl)cc1. The number of halogens is 1. The molecule has 0 spiro atoms. The molecule has 3 rings (SSSR count). The van der Waals surface area contributed by atoms with Crippen molar-refractivity contribution in [2.45, 2.75) is 0 Å². The minimum atomic E-state index is -0.229. The lowest BCUT2D eigenvalue weighted by molar-refractivity contribution is 1.14. The predicted octanol–water partition coefficient (Wildman–Crippen LogP) is 2.70. The number of rotatable bonds is 2. The molecule has 0 fully saturated rings. The molecule has 0 amide bonds. The van der Waals surface area contributed by atoms with Gasteiger partial charge >= 0.3 is 0 Å². The number of H-pyrrole nitrogens is 1. The molecule has 21 heavy (non-hydrogen) atoms. The van der Waals surface area contributed by atoms with Gasteiger partial charge in [-0.2, -0.15) is 4.99 Å². The summed E-state index contributed by atoms with van der Waals surface area (Å²) in [5, 5.41) is 5.32. The molecule has 0 saturated carbocycles. The van der Waals surface area contributed by atoms with E-state index in [-0.39, 0.29) is 17.5 Å². The Morgan fingerprint density at radius 2 is 2.10 bits per heavy atom. The number of thiophene rings is 1. The normalized spacial score (nSPS) is 11.8. The molecular formula is C13H10ClN5OS. The smallest absolute Gasteiger partial charge is 0.270 e. The fourth-order valence-corrected chi connectivity index (χ4v) is 2.59. The van der Waals surface area contributed by atoms with Gasteiger partial charge in [0.05, 0.1) is 5.52 Å². The number of nitrogens with two attached hydrogens (primary N) is 1. The summed E-state index contributed by atoms with van der Waals surface area (Å²) in [5.74, 6) is 0.278. The van der Waals surface area contributed by atoms with Crippen LogP contribution in [0.2, 0.25) is 5.02 Å². The number of guanidine groups is 1. The summed E-state index contributed by atoms with van der Waals surface area (Å²) in [5.41, 5.74) is 6.90. The molecule has 0 saturated heterocycles. The van der Waals surface area contributed by atoms with Gasteiger partial charge in [-0.05, 0) is 35.7 Å². The second-order valence-corrected chi connectivity index (χ2v) is 5.51. The number of benzene rings is 1. The van der Waals surface area contributed by atoms with Crippen molar-refractivity contribution >= 4 is 50.7 Å². The molecule has 4 N–H and O–H groups in total. The van der Waals surface area contributed by atoms with E-state index >= 15 is 0 Å². The molecule has 0 bridgehead atoms. The maximum absolute atomic E-state index is 11.8. The molecule has 106 valence electrons. The summed E-state index contributed by atoms with van der Waals surface area (Å²) in [6.45, 7) is 0. The van der Waals surface area contributed by atoms with Crippen molar-refractivity contribution in [1.29, 1.82) is 0 Å². The van der Waals surface area contributed by atoms with E-state index < -0.39 is 0 Å². The quantitative estimate of drug-likeness (QED) is 0.500. The lowest BCUT2D eigenvalue weighted by Crippen LogP contribution is -2.22. The van der Waals surface area contributed by atoms with Crippen LogP contribution in [0.25, 0.3) is 10.2 Å². The Balaban J connectivity index is 1.88. The Morgan fingerprint density at radius 3 is 2.86 bits per heavy atom. The highest BCUT2D eigenvalue weighted by Crippen LogP contribution is 2.16. The molecule has 0 radical (unpaired) electrons. The summed E-state index contributed by atoms with van der Waals surface area (Å²) in [4.78, 5) is 22.7. The van der Waals surface area contributed by atoms with Crippen LogP contribution in [0.4, 0.5) is 11.6 Å². The molecule has 6 nitrogen and oxygen atoms in total. The van der Waals surface area contributed by atoms with Crippen LogP contribution in [-0.2, 0) is 0 Å². The zero-order chi connectivity index (χ0) is 14.8. The van der Waals surface area contributed by atoms with Gasteiger partial charge < -0.3 is 11.1 Å². The minimum absolute atomic E-state index is 0.120. The number of anilines is 1. The van der Waals surface area contributed by atoms with Gasteiger partial charge in [0, 0.05) is 10.7 Å². The first-order valence-corrected chi connectivity index (χ1v) is 7.22. The highest BCUT2D eigenvalue weighted by atomic mass is 35.5. The summed E-state index contributed by atoms with van der Waals surface area (Å²) in [7, 11) is 0. The summed E-state index contributed by atoms with van der Waals surface area (Å²) in [6.07, 6.45) is 0. The fraction of sp³-hybridized carbons (Fsp3) is 0. The van der Waals surface area contributed by atoms with Crippen LogP contribution in [0.15, 0.2) is 45.5 Å². The molecule has 0 unspecified atom stereocenters. The molecular weight excluding hydrogens is 310 g/mol. The maximum atomic E-state index is 11.8. The molecule has 2 heterocycles.